The molecule has 0 aliphatic heterocycles. The highest BCUT2D eigenvalue weighted by Crippen LogP contribution is 2.25. The summed E-state index contributed by atoms with van der Waals surface area (Å²) in [5.74, 6) is 0.903. The van der Waals surface area contributed by atoms with Gasteiger partial charge in [-0.3, -0.25) is 14.2 Å². The third-order valence-corrected chi connectivity index (χ3v) is 5.69. The Morgan fingerprint density at radius 1 is 0.929 bits per heavy atom. The molecule has 0 saturated heterocycles. The Hall–Kier alpha value is -3.51. The first-order valence-electron chi connectivity index (χ1n) is 8.76. The molecule has 0 radical (unpaired) electrons. The summed E-state index contributed by atoms with van der Waals surface area (Å²) in [7, 11) is 0. The summed E-state index contributed by atoms with van der Waals surface area (Å²) in [6, 6.07) is 20.4. The Balaban J connectivity index is 1.88. The lowest BCUT2D eigenvalue weighted by Crippen LogP contribution is -2.27. The van der Waals surface area contributed by atoms with E-state index in [-0.39, 0.29) is 16.4 Å². The molecule has 0 aliphatic carbocycles. The zero-order valence-electron chi connectivity index (χ0n) is 14.7. The van der Waals surface area contributed by atoms with Gasteiger partial charge in [-0.1, -0.05) is 42.5 Å². The van der Waals surface area contributed by atoms with Gasteiger partial charge in [0.05, 0.1) is 12.8 Å². The highest BCUT2D eigenvalue weighted by Gasteiger charge is 2.19. The number of furan rings is 1. The maximum atomic E-state index is 13.4. The fourth-order valence-corrected chi connectivity index (χ4v) is 4.33. The molecule has 6 heteroatoms. The van der Waals surface area contributed by atoms with Crippen molar-refractivity contribution in [3.63, 3.8) is 0 Å². The van der Waals surface area contributed by atoms with Gasteiger partial charge in [0.1, 0.15) is 10.2 Å². The number of hydrogen-bond donors (Lipinski definition) is 0. The third kappa shape index (κ3) is 2.66. The van der Waals surface area contributed by atoms with Crippen molar-refractivity contribution in [2.75, 3.05) is 0 Å². The zero-order valence-corrected chi connectivity index (χ0v) is 15.5. The second-order valence-electron chi connectivity index (χ2n) is 6.40. The molecule has 0 unspecified atom stereocenters. The van der Waals surface area contributed by atoms with Gasteiger partial charge in [0.2, 0.25) is 5.43 Å². The monoisotopic (exact) mass is 386 g/mol. The largest absolute Gasteiger partial charge is 0.461 e. The van der Waals surface area contributed by atoms with E-state index < -0.39 is 0 Å². The number of benzene rings is 2. The SMILES string of the molecule is O=c1c2ccccc2sc2nc(-c3ccco3)n(Cc3ccccc3)c(=O)c12. The van der Waals surface area contributed by atoms with Crippen LogP contribution in [0.1, 0.15) is 5.56 Å². The molecule has 5 rings (SSSR count). The molecule has 136 valence electrons. The molecule has 0 saturated carbocycles. The molecule has 0 atom stereocenters. The zero-order chi connectivity index (χ0) is 19.1. The average Bonchev–Trinajstić information content (AvgIpc) is 3.25. The van der Waals surface area contributed by atoms with Gasteiger partial charge in [0.25, 0.3) is 5.56 Å². The molecule has 0 N–H and O–H groups in total. The molecule has 5 aromatic rings. The van der Waals surface area contributed by atoms with Gasteiger partial charge in [-0.2, -0.15) is 0 Å². The average molecular weight is 386 g/mol. The minimum Gasteiger partial charge on any atom is -0.461 e. The van der Waals surface area contributed by atoms with Crippen LogP contribution in [0.2, 0.25) is 0 Å². The summed E-state index contributed by atoms with van der Waals surface area (Å²) in [6.45, 7) is 0.301. The van der Waals surface area contributed by atoms with Crippen molar-refractivity contribution in [1.29, 1.82) is 0 Å². The van der Waals surface area contributed by atoms with Gasteiger partial charge < -0.3 is 4.42 Å². The normalized spacial score (nSPS) is 11.3. The van der Waals surface area contributed by atoms with Crippen LogP contribution in [0.25, 0.3) is 31.9 Å². The van der Waals surface area contributed by atoms with Crippen molar-refractivity contribution in [2.45, 2.75) is 6.54 Å². The van der Waals surface area contributed by atoms with Crippen LogP contribution in [0.15, 0.2) is 87.0 Å². The van der Waals surface area contributed by atoms with Gasteiger partial charge in [-0.25, -0.2) is 4.98 Å². The van der Waals surface area contributed by atoms with Crippen LogP contribution in [0.4, 0.5) is 0 Å². The van der Waals surface area contributed by atoms with Crippen LogP contribution in [0.5, 0.6) is 0 Å². The first kappa shape index (κ1) is 16.6. The minimum atomic E-state index is -0.354. The van der Waals surface area contributed by atoms with Crippen molar-refractivity contribution in [3.8, 4) is 11.6 Å². The van der Waals surface area contributed by atoms with Crippen LogP contribution < -0.4 is 11.0 Å². The van der Waals surface area contributed by atoms with E-state index in [9.17, 15) is 9.59 Å². The lowest BCUT2D eigenvalue weighted by Gasteiger charge is -2.12. The van der Waals surface area contributed by atoms with Crippen molar-refractivity contribution < 1.29 is 4.42 Å². The first-order valence-corrected chi connectivity index (χ1v) is 9.58. The summed E-state index contributed by atoms with van der Waals surface area (Å²) in [6.07, 6.45) is 1.54. The number of fused-ring (bicyclic) bond motifs is 2. The highest BCUT2D eigenvalue weighted by atomic mass is 32.1. The Bertz CT molecular complexity index is 1420. The fourth-order valence-electron chi connectivity index (χ4n) is 3.29. The molecule has 0 amide bonds. The van der Waals surface area contributed by atoms with Crippen LogP contribution in [-0.4, -0.2) is 9.55 Å². The molecule has 2 aromatic carbocycles. The molecule has 0 aliphatic rings. The summed E-state index contributed by atoms with van der Waals surface area (Å²) >= 11 is 1.34. The van der Waals surface area contributed by atoms with Crippen LogP contribution >= 0.6 is 11.3 Å². The van der Waals surface area contributed by atoms with Gasteiger partial charge in [-0.05, 0) is 29.8 Å². The maximum Gasteiger partial charge on any atom is 0.266 e. The first-order chi connectivity index (χ1) is 13.7. The quantitative estimate of drug-likeness (QED) is 0.434. The Morgan fingerprint density at radius 3 is 2.50 bits per heavy atom. The highest BCUT2D eigenvalue weighted by molar-refractivity contribution is 7.24. The lowest BCUT2D eigenvalue weighted by molar-refractivity contribution is 0.568. The summed E-state index contributed by atoms with van der Waals surface area (Å²) in [4.78, 5) is 31.5. The van der Waals surface area contributed by atoms with Crippen molar-refractivity contribution in [1.82, 2.24) is 9.55 Å². The van der Waals surface area contributed by atoms with E-state index in [0.29, 0.717) is 28.3 Å². The van der Waals surface area contributed by atoms with E-state index in [1.54, 1.807) is 30.5 Å². The van der Waals surface area contributed by atoms with E-state index in [1.165, 1.54) is 15.9 Å². The Kier molecular flexibility index (Phi) is 3.91. The fraction of sp³-hybridized carbons (Fsp3) is 0.0455. The Labute approximate surface area is 163 Å². The number of nitrogens with zero attached hydrogens (tertiary/aromatic N) is 2. The summed E-state index contributed by atoms with van der Waals surface area (Å²) in [5, 5.41) is 0.658. The molecular weight excluding hydrogens is 372 g/mol. The lowest BCUT2D eigenvalue weighted by atomic mass is 10.2. The van der Waals surface area contributed by atoms with Crippen molar-refractivity contribution in [3.05, 3.63) is 99.1 Å². The van der Waals surface area contributed by atoms with E-state index in [2.05, 4.69) is 4.98 Å². The third-order valence-electron chi connectivity index (χ3n) is 4.63. The predicted octanol–water partition coefficient (Wildman–Crippen LogP) is 4.28. The van der Waals surface area contributed by atoms with Crippen molar-refractivity contribution in [2.24, 2.45) is 0 Å². The minimum absolute atomic E-state index is 0.120. The van der Waals surface area contributed by atoms with Gasteiger partial charge in [0, 0.05) is 10.1 Å². The van der Waals surface area contributed by atoms with Gasteiger partial charge in [0.15, 0.2) is 11.6 Å². The smallest absolute Gasteiger partial charge is 0.266 e. The van der Waals surface area contributed by atoms with E-state index in [4.69, 9.17) is 4.42 Å². The van der Waals surface area contributed by atoms with Gasteiger partial charge >= 0.3 is 0 Å². The standard InChI is InChI=1S/C22H14N2O3S/c25-19-15-9-4-5-11-17(15)28-21-18(19)22(26)24(13-14-7-2-1-3-8-14)20(23-21)16-10-6-12-27-16/h1-12H,13H2. The molecule has 0 spiro atoms. The van der Waals surface area contributed by atoms with Crippen LogP contribution in [0, 0.1) is 0 Å². The predicted molar refractivity (Wildman–Crippen MR) is 111 cm³/mol. The molecule has 5 nitrogen and oxygen atoms in total. The van der Waals surface area contributed by atoms with Crippen LogP contribution in [-0.2, 0) is 6.54 Å². The van der Waals surface area contributed by atoms with Crippen LogP contribution in [0.3, 0.4) is 0 Å². The Morgan fingerprint density at radius 2 is 1.71 bits per heavy atom. The van der Waals surface area contributed by atoms with Crippen molar-refractivity contribution >= 4 is 31.6 Å². The second-order valence-corrected chi connectivity index (χ2v) is 7.43. The number of rotatable bonds is 3. The summed E-state index contributed by atoms with van der Waals surface area (Å²) < 4.78 is 7.84. The van der Waals surface area contributed by atoms with E-state index in [0.717, 1.165) is 10.3 Å². The molecule has 3 heterocycles. The molecule has 28 heavy (non-hydrogen) atoms. The van der Waals surface area contributed by atoms with E-state index >= 15 is 0 Å². The topological polar surface area (TPSA) is 65.1 Å². The molecule has 0 bridgehead atoms. The molecule has 3 aromatic heterocycles. The number of hydrogen-bond acceptors (Lipinski definition) is 5. The molecule has 0 fully saturated rings. The summed E-state index contributed by atoms with van der Waals surface area (Å²) in [5.41, 5.74) is 0.303. The number of aromatic nitrogens is 2. The second kappa shape index (κ2) is 6.58. The van der Waals surface area contributed by atoms with E-state index in [1.807, 2.05) is 42.5 Å². The molecular formula is C22H14N2O3S. The maximum absolute atomic E-state index is 13.4. The van der Waals surface area contributed by atoms with Gasteiger partial charge in [-0.15, -0.1) is 11.3 Å².